The minimum atomic E-state index is -1.03. The lowest BCUT2D eigenvalue weighted by molar-refractivity contribution is 0.171. The summed E-state index contributed by atoms with van der Waals surface area (Å²) in [5, 5.41) is 10.4. The van der Waals surface area contributed by atoms with Crippen LogP contribution in [0, 0.1) is 5.92 Å². The van der Waals surface area contributed by atoms with Crippen LogP contribution < -0.4 is 5.32 Å². The molecule has 0 bridgehead atoms. The summed E-state index contributed by atoms with van der Waals surface area (Å²) in [6.45, 7) is 8.23. The number of ether oxygens (including phenoxy) is 1. The molecule has 0 saturated carbocycles. The van der Waals surface area contributed by atoms with Gasteiger partial charge in [-0.3, -0.25) is 0 Å². The second-order valence-electron chi connectivity index (χ2n) is 2.70. The standard InChI is InChI=1S/C8H15NO3/c1-6(2)7(3)12-5-4-9-8(10)11/h6,9H,3-5H2,1-2H3,(H,10,11). The van der Waals surface area contributed by atoms with Crippen LogP contribution in [0.1, 0.15) is 13.8 Å². The summed E-state index contributed by atoms with van der Waals surface area (Å²) in [5.41, 5.74) is 0. The Labute approximate surface area is 72.2 Å². The van der Waals surface area contributed by atoms with Crippen molar-refractivity contribution < 1.29 is 14.6 Å². The molecule has 0 aliphatic heterocycles. The van der Waals surface area contributed by atoms with E-state index in [4.69, 9.17) is 9.84 Å². The first kappa shape index (κ1) is 10.8. The molecule has 0 radical (unpaired) electrons. The average molecular weight is 173 g/mol. The van der Waals surface area contributed by atoms with Crippen LogP contribution in [-0.4, -0.2) is 24.4 Å². The summed E-state index contributed by atoms with van der Waals surface area (Å²) < 4.78 is 5.13. The van der Waals surface area contributed by atoms with E-state index in [0.717, 1.165) is 0 Å². The van der Waals surface area contributed by atoms with Crippen molar-refractivity contribution in [2.45, 2.75) is 13.8 Å². The molecule has 0 heterocycles. The van der Waals surface area contributed by atoms with Gasteiger partial charge in [-0.1, -0.05) is 20.4 Å². The number of carbonyl (C=O) groups is 1. The molecule has 0 fully saturated rings. The Bertz CT molecular complexity index is 166. The summed E-state index contributed by atoms with van der Waals surface area (Å²) in [7, 11) is 0. The fourth-order valence-electron chi connectivity index (χ4n) is 0.507. The maximum Gasteiger partial charge on any atom is 0.404 e. The Morgan fingerprint density at radius 3 is 2.67 bits per heavy atom. The van der Waals surface area contributed by atoms with Gasteiger partial charge in [0.15, 0.2) is 0 Å². The van der Waals surface area contributed by atoms with E-state index >= 15 is 0 Å². The number of carboxylic acid groups (broad SMARTS) is 1. The van der Waals surface area contributed by atoms with Crippen molar-refractivity contribution in [1.82, 2.24) is 5.32 Å². The Balaban J connectivity index is 3.32. The molecule has 0 unspecified atom stereocenters. The smallest absolute Gasteiger partial charge is 0.404 e. The molecule has 1 amide bonds. The maximum atomic E-state index is 9.99. The van der Waals surface area contributed by atoms with Crippen molar-refractivity contribution in [3.05, 3.63) is 12.3 Å². The lowest BCUT2D eigenvalue weighted by Crippen LogP contribution is -2.25. The topological polar surface area (TPSA) is 58.6 Å². The Kier molecular flexibility index (Phi) is 4.92. The first-order chi connectivity index (χ1) is 5.54. The van der Waals surface area contributed by atoms with E-state index in [1.165, 1.54) is 0 Å². The highest BCUT2D eigenvalue weighted by Gasteiger charge is 2.00. The number of rotatable bonds is 5. The molecule has 0 rings (SSSR count). The Morgan fingerprint density at radius 2 is 2.25 bits per heavy atom. The van der Waals surface area contributed by atoms with E-state index in [-0.39, 0.29) is 5.92 Å². The summed E-state index contributed by atoms with van der Waals surface area (Å²) in [6.07, 6.45) is -1.03. The van der Waals surface area contributed by atoms with Gasteiger partial charge in [-0.25, -0.2) is 4.79 Å². The third kappa shape index (κ3) is 5.58. The van der Waals surface area contributed by atoms with Crippen LogP contribution in [0.4, 0.5) is 4.79 Å². The fourth-order valence-corrected chi connectivity index (χ4v) is 0.507. The Morgan fingerprint density at radius 1 is 1.67 bits per heavy atom. The van der Waals surface area contributed by atoms with Gasteiger partial charge in [0.05, 0.1) is 12.3 Å². The third-order valence-corrected chi connectivity index (χ3v) is 1.31. The number of hydrogen-bond donors (Lipinski definition) is 2. The number of amides is 1. The monoisotopic (exact) mass is 173 g/mol. The van der Waals surface area contributed by atoms with Crippen LogP contribution in [0.5, 0.6) is 0 Å². The zero-order valence-electron chi connectivity index (χ0n) is 7.46. The molecule has 0 saturated heterocycles. The van der Waals surface area contributed by atoms with E-state index in [0.29, 0.717) is 18.9 Å². The van der Waals surface area contributed by atoms with E-state index in [2.05, 4.69) is 11.9 Å². The second-order valence-corrected chi connectivity index (χ2v) is 2.70. The maximum absolute atomic E-state index is 9.99. The zero-order valence-corrected chi connectivity index (χ0v) is 7.46. The molecule has 0 aliphatic rings. The lowest BCUT2D eigenvalue weighted by atomic mass is 10.2. The van der Waals surface area contributed by atoms with Crippen molar-refractivity contribution in [3.8, 4) is 0 Å². The Hall–Kier alpha value is -1.19. The largest absolute Gasteiger partial charge is 0.496 e. The molecule has 0 spiro atoms. The zero-order chi connectivity index (χ0) is 9.56. The van der Waals surface area contributed by atoms with E-state index < -0.39 is 6.09 Å². The second kappa shape index (κ2) is 5.46. The van der Waals surface area contributed by atoms with Gasteiger partial charge in [-0.05, 0) is 0 Å². The highest BCUT2D eigenvalue weighted by molar-refractivity contribution is 5.64. The van der Waals surface area contributed by atoms with Gasteiger partial charge in [0.1, 0.15) is 6.61 Å². The summed E-state index contributed by atoms with van der Waals surface area (Å²) in [4.78, 5) is 9.99. The van der Waals surface area contributed by atoms with E-state index in [9.17, 15) is 4.79 Å². The molecule has 0 aliphatic carbocycles. The SMILES string of the molecule is C=C(OCCNC(=O)O)C(C)C. The quantitative estimate of drug-likeness (QED) is 0.488. The highest BCUT2D eigenvalue weighted by Crippen LogP contribution is 2.06. The summed E-state index contributed by atoms with van der Waals surface area (Å²) in [6, 6.07) is 0. The lowest BCUT2D eigenvalue weighted by Gasteiger charge is -2.11. The number of hydrogen-bond acceptors (Lipinski definition) is 2. The molecule has 0 aromatic heterocycles. The van der Waals surface area contributed by atoms with E-state index in [1.807, 2.05) is 13.8 Å². The van der Waals surface area contributed by atoms with Gasteiger partial charge in [0.25, 0.3) is 0 Å². The molecule has 4 nitrogen and oxygen atoms in total. The molecular weight excluding hydrogens is 158 g/mol. The predicted octanol–water partition coefficient (Wildman–Crippen LogP) is 1.44. The number of nitrogens with one attached hydrogen (secondary N) is 1. The van der Waals surface area contributed by atoms with Gasteiger partial charge < -0.3 is 15.2 Å². The van der Waals surface area contributed by atoms with Crippen molar-refractivity contribution in [2.24, 2.45) is 5.92 Å². The van der Waals surface area contributed by atoms with Crippen molar-refractivity contribution in [1.29, 1.82) is 0 Å². The van der Waals surface area contributed by atoms with Crippen LogP contribution in [-0.2, 0) is 4.74 Å². The van der Waals surface area contributed by atoms with Gasteiger partial charge in [-0.2, -0.15) is 0 Å². The van der Waals surface area contributed by atoms with Crippen LogP contribution in [0.25, 0.3) is 0 Å². The van der Waals surface area contributed by atoms with Crippen molar-refractivity contribution >= 4 is 6.09 Å². The molecular formula is C8H15NO3. The molecule has 0 aromatic rings. The summed E-state index contributed by atoms with van der Waals surface area (Å²) in [5.74, 6) is 0.956. The predicted molar refractivity (Wildman–Crippen MR) is 46.0 cm³/mol. The minimum absolute atomic E-state index is 0.273. The molecule has 0 atom stereocenters. The number of allylic oxidation sites excluding steroid dienone is 1. The highest BCUT2D eigenvalue weighted by atomic mass is 16.5. The molecule has 12 heavy (non-hydrogen) atoms. The van der Waals surface area contributed by atoms with Crippen LogP contribution in [0.15, 0.2) is 12.3 Å². The first-order valence-electron chi connectivity index (χ1n) is 3.82. The molecule has 2 N–H and O–H groups in total. The molecule has 4 heteroatoms. The minimum Gasteiger partial charge on any atom is -0.496 e. The van der Waals surface area contributed by atoms with Crippen molar-refractivity contribution in [2.75, 3.05) is 13.2 Å². The van der Waals surface area contributed by atoms with Gasteiger partial charge in [0.2, 0.25) is 0 Å². The third-order valence-electron chi connectivity index (χ3n) is 1.31. The van der Waals surface area contributed by atoms with Crippen LogP contribution >= 0.6 is 0 Å². The van der Waals surface area contributed by atoms with E-state index in [1.54, 1.807) is 0 Å². The van der Waals surface area contributed by atoms with Crippen molar-refractivity contribution in [3.63, 3.8) is 0 Å². The van der Waals surface area contributed by atoms with Crippen LogP contribution in [0.3, 0.4) is 0 Å². The molecule has 70 valence electrons. The average Bonchev–Trinajstić information content (AvgIpc) is 1.97. The van der Waals surface area contributed by atoms with Gasteiger partial charge in [-0.15, -0.1) is 0 Å². The van der Waals surface area contributed by atoms with Gasteiger partial charge in [0, 0.05) is 5.92 Å². The fraction of sp³-hybridized carbons (Fsp3) is 0.625. The van der Waals surface area contributed by atoms with Gasteiger partial charge >= 0.3 is 6.09 Å². The summed E-state index contributed by atoms with van der Waals surface area (Å²) >= 11 is 0. The first-order valence-corrected chi connectivity index (χ1v) is 3.82. The molecule has 0 aromatic carbocycles. The van der Waals surface area contributed by atoms with Crippen LogP contribution in [0.2, 0.25) is 0 Å². The normalized spacial score (nSPS) is 9.58.